The summed E-state index contributed by atoms with van der Waals surface area (Å²) in [5.74, 6) is -2.39. The van der Waals surface area contributed by atoms with Gasteiger partial charge in [-0.2, -0.15) is 0 Å². The number of rotatable bonds is 5. The van der Waals surface area contributed by atoms with E-state index in [1.54, 1.807) is 12.1 Å². The minimum Gasteiger partial charge on any atom is -0.477 e. The number of nitrogens with zero attached hydrogens (tertiary/aromatic N) is 2. The van der Waals surface area contributed by atoms with Gasteiger partial charge in [0.15, 0.2) is 0 Å². The number of nitrogens with two attached hydrogens (primary N) is 1. The molecule has 2 heterocycles. The molecule has 3 rings (SSSR count). The Bertz CT molecular complexity index is 1150. The summed E-state index contributed by atoms with van der Waals surface area (Å²) in [4.78, 5) is 52.0. The van der Waals surface area contributed by atoms with Gasteiger partial charge in [-0.05, 0) is 24.6 Å². The number of aryl methyl sites for hydroxylation is 1. The summed E-state index contributed by atoms with van der Waals surface area (Å²) < 4.78 is 1.08. The highest BCUT2D eigenvalue weighted by Crippen LogP contribution is 2.26. The van der Waals surface area contributed by atoms with E-state index in [-0.39, 0.29) is 28.1 Å². The molecule has 3 aromatic rings. The molecule has 10 heteroatoms. The molecular weight excluding hydrogens is 372 g/mol. The van der Waals surface area contributed by atoms with Crippen LogP contribution >= 0.6 is 11.3 Å². The summed E-state index contributed by atoms with van der Waals surface area (Å²) in [6.07, 6.45) is 1.19. The zero-order valence-corrected chi connectivity index (χ0v) is 14.9. The van der Waals surface area contributed by atoms with Crippen LogP contribution < -0.4 is 16.6 Å². The van der Waals surface area contributed by atoms with Gasteiger partial charge in [-0.3, -0.25) is 19.0 Å². The number of hydrogen-bond donors (Lipinski definition) is 3. The van der Waals surface area contributed by atoms with Gasteiger partial charge in [-0.1, -0.05) is 12.1 Å². The molecule has 0 saturated carbocycles. The maximum Gasteiger partial charge on any atom is 0.346 e. The van der Waals surface area contributed by atoms with Crippen LogP contribution in [0.4, 0.5) is 5.69 Å². The van der Waals surface area contributed by atoms with E-state index >= 15 is 0 Å². The van der Waals surface area contributed by atoms with E-state index < -0.39 is 23.3 Å². The molecule has 0 fully saturated rings. The Labute approximate surface area is 156 Å². The van der Waals surface area contributed by atoms with Crippen molar-refractivity contribution < 1.29 is 19.5 Å². The number of nitrogens with one attached hydrogen (secondary N) is 1. The maximum atomic E-state index is 12.6. The lowest BCUT2D eigenvalue weighted by atomic mass is 10.1. The second-order valence-corrected chi connectivity index (χ2v) is 6.68. The van der Waals surface area contributed by atoms with Crippen LogP contribution in [0.5, 0.6) is 0 Å². The van der Waals surface area contributed by atoms with Gasteiger partial charge in [0.05, 0.1) is 23.0 Å². The molecule has 2 aromatic heterocycles. The third-order valence-electron chi connectivity index (χ3n) is 3.89. The molecule has 138 valence electrons. The van der Waals surface area contributed by atoms with Gasteiger partial charge in [-0.15, -0.1) is 11.3 Å². The third-order valence-corrected chi connectivity index (χ3v) is 5.08. The standard InChI is InChI=1S/C17H14N4O5S/c1-8-12-15(27-13(8)17(25)26)19-7-21(16(12)24)6-11(22)20-10-5-3-2-4-9(10)14(18)23/h2-5,7H,6H2,1H3,(H2,18,23)(H,20,22)(H,25,26). The first-order chi connectivity index (χ1) is 12.8. The Balaban J connectivity index is 1.91. The fourth-order valence-corrected chi connectivity index (χ4v) is 3.61. The first-order valence-corrected chi connectivity index (χ1v) is 8.51. The van der Waals surface area contributed by atoms with Crippen LogP contribution in [0.25, 0.3) is 10.2 Å². The molecule has 0 atom stereocenters. The lowest BCUT2D eigenvalue weighted by Crippen LogP contribution is -2.28. The number of thiophene rings is 1. The summed E-state index contributed by atoms with van der Waals surface area (Å²) in [6.45, 7) is 1.17. The lowest BCUT2D eigenvalue weighted by molar-refractivity contribution is -0.116. The Kier molecular flexibility index (Phi) is 4.74. The van der Waals surface area contributed by atoms with E-state index in [0.29, 0.717) is 10.4 Å². The average Bonchev–Trinajstić information content (AvgIpc) is 2.95. The van der Waals surface area contributed by atoms with E-state index in [1.807, 2.05) is 0 Å². The van der Waals surface area contributed by atoms with Gasteiger partial charge >= 0.3 is 5.97 Å². The number of carboxylic acids is 1. The summed E-state index contributed by atoms with van der Waals surface area (Å²) in [5.41, 5.74) is 5.45. The number of benzene rings is 1. The third kappa shape index (κ3) is 3.42. The largest absolute Gasteiger partial charge is 0.477 e. The molecule has 0 aliphatic heterocycles. The molecule has 4 N–H and O–H groups in total. The highest BCUT2D eigenvalue weighted by atomic mass is 32.1. The van der Waals surface area contributed by atoms with Gasteiger partial charge in [0.1, 0.15) is 16.3 Å². The minimum absolute atomic E-state index is 0.0344. The van der Waals surface area contributed by atoms with E-state index in [0.717, 1.165) is 15.9 Å². The van der Waals surface area contributed by atoms with Crippen LogP contribution in [0.1, 0.15) is 25.6 Å². The molecule has 1 aromatic carbocycles. The van der Waals surface area contributed by atoms with Crippen molar-refractivity contribution >= 4 is 45.0 Å². The van der Waals surface area contributed by atoms with Crippen molar-refractivity contribution in [3.8, 4) is 0 Å². The molecule has 0 aliphatic rings. The number of amides is 2. The number of para-hydroxylation sites is 1. The van der Waals surface area contributed by atoms with Crippen molar-refractivity contribution in [2.24, 2.45) is 5.73 Å². The number of carboxylic acid groups (broad SMARTS) is 1. The Hall–Kier alpha value is -3.53. The molecule has 0 aliphatic carbocycles. The Morgan fingerprint density at radius 2 is 2.00 bits per heavy atom. The van der Waals surface area contributed by atoms with Crippen LogP contribution in [-0.2, 0) is 11.3 Å². The number of primary amides is 1. The molecule has 9 nitrogen and oxygen atoms in total. The van der Waals surface area contributed by atoms with Gasteiger partial charge in [0.25, 0.3) is 11.5 Å². The highest BCUT2D eigenvalue weighted by Gasteiger charge is 2.19. The van der Waals surface area contributed by atoms with Gasteiger partial charge in [-0.25, -0.2) is 9.78 Å². The lowest BCUT2D eigenvalue weighted by Gasteiger charge is -2.10. The van der Waals surface area contributed by atoms with Crippen LogP contribution in [0.15, 0.2) is 35.4 Å². The molecule has 2 amide bonds. The van der Waals surface area contributed by atoms with Crippen molar-refractivity contribution in [2.75, 3.05) is 5.32 Å². The Morgan fingerprint density at radius 1 is 1.30 bits per heavy atom. The summed E-state index contributed by atoms with van der Waals surface area (Å²) in [6, 6.07) is 6.23. The predicted octanol–water partition coefficient (Wildman–Crippen LogP) is 1.20. The number of aromatic nitrogens is 2. The fourth-order valence-electron chi connectivity index (χ4n) is 2.63. The van der Waals surface area contributed by atoms with Gasteiger partial charge in [0.2, 0.25) is 5.91 Å². The SMILES string of the molecule is Cc1c(C(=O)O)sc2ncn(CC(=O)Nc3ccccc3C(N)=O)c(=O)c12. The maximum absolute atomic E-state index is 12.6. The number of aromatic carboxylic acids is 1. The molecule has 0 bridgehead atoms. The number of fused-ring (bicyclic) bond motifs is 1. The van der Waals surface area contributed by atoms with Crippen molar-refractivity contribution in [3.05, 3.63) is 57.0 Å². The first kappa shape index (κ1) is 18.3. The molecule has 0 saturated heterocycles. The first-order valence-electron chi connectivity index (χ1n) is 7.70. The number of carbonyl (C=O) groups excluding carboxylic acids is 2. The Morgan fingerprint density at radius 3 is 2.67 bits per heavy atom. The monoisotopic (exact) mass is 386 g/mol. The topological polar surface area (TPSA) is 144 Å². The minimum atomic E-state index is -1.14. The van der Waals surface area contributed by atoms with Crippen LogP contribution in [-0.4, -0.2) is 32.4 Å². The second-order valence-electron chi connectivity index (χ2n) is 5.68. The van der Waals surface area contributed by atoms with Gasteiger partial charge in [0, 0.05) is 0 Å². The average molecular weight is 386 g/mol. The molecule has 27 heavy (non-hydrogen) atoms. The van der Waals surface area contributed by atoms with Crippen LogP contribution in [0.2, 0.25) is 0 Å². The van der Waals surface area contributed by atoms with E-state index in [2.05, 4.69) is 10.3 Å². The quantitative estimate of drug-likeness (QED) is 0.601. The zero-order valence-electron chi connectivity index (χ0n) is 14.1. The predicted molar refractivity (Wildman–Crippen MR) is 99.2 cm³/mol. The van der Waals surface area contributed by atoms with Crippen LogP contribution in [0, 0.1) is 6.92 Å². The molecule has 0 spiro atoms. The fraction of sp³-hybridized carbons (Fsp3) is 0.118. The smallest absolute Gasteiger partial charge is 0.346 e. The van der Waals surface area contributed by atoms with Crippen molar-refractivity contribution in [1.29, 1.82) is 0 Å². The molecule has 0 unspecified atom stereocenters. The van der Waals surface area contributed by atoms with E-state index in [4.69, 9.17) is 5.73 Å². The van der Waals surface area contributed by atoms with Crippen molar-refractivity contribution in [3.63, 3.8) is 0 Å². The van der Waals surface area contributed by atoms with E-state index in [1.165, 1.54) is 25.4 Å². The number of hydrogen-bond acceptors (Lipinski definition) is 6. The molecule has 0 radical (unpaired) electrons. The number of carbonyl (C=O) groups is 3. The summed E-state index contributed by atoms with van der Waals surface area (Å²) >= 11 is 0.906. The van der Waals surface area contributed by atoms with E-state index in [9.17, 15) is 24.3 Å². The normalized spacial score (nSPS) is 10.7. The molecular formula is C17H14N4O5S. The highest BCUT2D eigenvalue weighted by molar-refractivity contribution is 7.20. The summed E-state index contributed by atoms with van der Waals surface area (Å²) in [7, 11) is 0. The van der Waals surface area contributed by atoms with Gasteiger partial charge < -0.3 is 16.2 Å². The van der Waals surface area contributed by atoms with Crippen LogP contribution in [0.3, 0.4) is 0 Å². The van der Waals surface area contributed by atoms with Crippen molar-refractivity contribution in [2.45, 2.75) is 13.5 Å². The van der Waals surface area contributed by atoms with Crippen molar-refractivity contribution in [1.82, 2.24) is 9.55 Å². The summed E-state index contributed by atoms with van der Waals surface area (Å²) in [5, 5.41) is 11.9. The second kappa shape index (κ2) is 7.00. The number of anilines is 1. The zero-order chi connectivity index (χ0) is 19.7.